The van der Waals surface area contributed by atoms with Crippen LogP contribution in [0, 0.1) is 5.41 Å². The molecule has 0 amide bonds. The molecular weight excluding hydrogens is 256 g/mol. The zero-order valence-electron chi connectivity index (χ0n) is 14.0. The first-order valence-corrected chi connectivity index (χ1v) is 8.52. The van der Waals surface area contributed by atoms with Crippen molar-refractivity contribution < 1.29 is 0 Å². The fourth-order valence-electron chi connectivity index (χ4n) is 3.82. The van der Waals surface area contributed by atoms with Crippen LogP contribution in [0.15, 0.2) is 30.3 Å². The number of likely N-dealkylation sites (tertiary alicyclic amines) is 1. The Balaban J connectivity index is 1.71. The van der Waals surface area contributed by atoms with Crippen LogP contribution in [-0.4, -0.2) is 29.6 Å². The zero-order valence-corrected chi connectivity index (χ0v) is 14.0. The minimum absolute atomic E-state index is 0.234. The fourth-order valence-corrected chi connectivity index (χ4v) is 3.82. The van der Waals surface area contributed by atoms with Crippen LogP contribution in [0.25, 0.3) is 0 Å². The lowest BCUT2D eigenvalue weighted by Crippen LogP contribution is -2.41. The zero-order chi connectivity index (χ0) is 15.0. The molecule has 2 nitrogen and oxygen atoms in total. The lowest BCUT2D eigenvalue weighted by atomic mass is 9.82. The van der Waals surface area contributed by atoms with Gasteiger partial charge >= 0.3 is 0 Å². The van der Waals surface area contributed by atoms with E-state index in [-0.39, 0.29) is 5.41 Å². The second-order valence-electron chi connectivity index (χ2n) is 8.09. The first-order chi connectivity index (χ1) is 9.95. The quantitative estimate of drug-likeness (QED) is 0.900. The Bertz CT molecular complexity index is 458. The highest BCUT2D eigenvalue weighted by Crippen LogP contribution is 2.37. The van der Waals surface area contributed by atoms with Gasteiger partial charge in [0.05, 0.1) is 0 Å². The van der Waals surface area contributed by atoms with Crippen LogP contribution < -0.4 is 5.32 Å². The second kappa shape index (κ2) is 5.73. The van der Waals surface area contributed by atoms with E-state index in [9.17, 15) is 0 Å². The van der Waals surface area contributed by atoms with Crippen molar-refractivity contribution in [3.05, 3.63) is 35.9 Å². The molecule has 1 N–H and O–H groups in total. The lowest BCUT2D eigenvalue weighted by molar-refractivity contribution is 0.234. The number of nitrogens with zero attached hydrogens (tertiary/aromatic N) is 1. The predicted molar refractivity (Wildman–Crippen MR) is 89.4 cm³/mol. The van der Waals surface area contributed by atoms with Gasteiger partial charge in [-0.15, -0.1) is 0 Å². The first kappa shape index (κ1) is 15.1. The second-order valence-corrected chi connectivity index (χ2v) is 8.09. The van der Waals surface area contributed by atoms with E-state index in [0.717, 1.165) is 12.1 Å². The SMILES string of the molecule is CC1CC(NC(c2ccccc2)C(C)(C)C)CN1C1CC1. The minimum Gasteiger partial charge on any atom is -0.305 e. The van der Waals surface area contributed by atoms with Crippen molar-refractivity contribution in [3.63, 3.8) is 0 Å². The Kier molecular flexibility index (Phi) is 4.11. The Morgan fingerprint density at radius 2 is 1.81 bits per heavy atom. The molecular formula is C19H30N2. The van der Waals surface area contributed by atoms with Crippen molar-refractivity contribution in [2.75, 3.05) is 6.54 Å². The van der Waals surface area contributed by atoms with Gasteiger partial charge in [-0.25, -0.2) is 0 Å². The Morgan fingerprint density at radius 1 is 1.14 bits per heavy atom. The summed E-state index contributed by atoms with van der Waals surface area (Å²) in [5.41, 5.74) is 1.65. The molecule has 0 spiro atoms. The van der Waals surface area contributed by atoms with Crippen molar-refractivity contribution >= 4 is 0 Å². The van der Waals surface area contributed by atoms with Gasteiger partial charge in [0, 0.05) is 30.7 Å². The summed E-state index contributed by atoms with van der Waals surface area (Å²) in [4.78, 5) is 2.72. The van der Waals surface area contributed by atoms with E-state index in [4.69, 9.17) is 0 Å². The highest BCUT2D eigenvalue weighted by Gasteiger charge is 2.40. The van der Waals surface area contributed by atoms with Crippen LogP contribution in [0.2, 0.25) is 0 Å². The van der Waals surface area contributed by atoms with E-state index in [2.05, 4.69) is 68.2 Å². The maximum absolute atomic E-state index is 3.97. The van der Waals surface area contributed by atoms with Crippen LogP contribution in [0.5, 0.6) is 0 Å². The maximum atomic E-state index is 3.97. The van der Waals surface area contributed by atoms with Crippen LogP contribution in [0.4, 0.5) is 0 Å². The fraction of sp³-hybridized carbons (Fsp3) is 0.684. The minimum atomic E-state index is 0.234. The highest BCUT2D eigenvalue weighted by atomic mass is 15.3. The molecule has 116 valence electrons. The third-order valence-electron chi connectivity index (χ3n) is 5.04. The molecule has 1 heterocycles. The molecule has 0 aromatic heterocycles. The standard InChI is InChI=1S/C19H30N2/c1-14-12-16(13-21(14)17-10-11-17)20-18(19(2,3)4)15-8-6-5-7-9-15/h5-9,14,16-18,20H,10-13H2,1-4H3. The molecule has 1 saturated heterocycles. The maximum Gasteiger partial charge on any atom is 0.0371 e. The van der Waals surface area contributed by atoms with Gasteiger partial charge in [0.1, 0.15) is 0 Å². The van der Waals surface area contributed by atoms with Gasteiger partial charge < -0.3 is 5.32 Å². The smallest absolute Gasteiger partial charge is 0.0371 e. The van der Waals surface area contributed by atoms with E-state index in [1.807, 2.05) is 0 Å². The number of hydrogen-bond acceptors (Lipinski definition) is 2. The first-order valence-electron chi connectivity index (χ1n) is 8.52. The van der Waals surface area contributed by atoms with Crippen LogP contribution in [-0.2, 0) is 0 Å². The number of benzene rings is 1. The molecule has 0 radical (unpaired) electrons. The number of hydrogen-bond donors (Lipinski definition) is 1. The van der Waals surface area contributed by atoms with Crippen LogP contribution >= 0.6 is 0 Å². The van der Waals surface area contributed by atoms with Crippen molar-refractivity contribution in [1.29, 1.82) is 0 Å². The molecule has 0 bridgehead atoms. The van der Waals surface area contributed by atoms with E-state index in [0.29, 0.717) is 12.1 Å². The Labute approximate surface area is 129 Å². The van der Waals surface area contributed by atoms with Crippen molar-refractivity contribution in [2.45, 2.75) is 71.1 Å². The summed E-state index contributed by atoms with van der Waals surface area (Å²) in [7, 11) is 0. The van der Waals surface area contributed by atoms with E-state index < -0.39 is 0 Å². The average Bonchev–Trinajstić information content (AvgIpc) is 3.20. The molecule has 1 aromatic rings. The summed E-state index contributed by atoms with van der Waals surface area (Å²) < 4.78 is 0. The lowest BCUT2D eigenvalue weighted by Gasteiger charge is -2.34. The molecule has 1 aromatic carbocycles. The molecule has 3 rings (SSSR count). The number of rotatable bonds is 4. The van der Waals surface area contributed by atoms with Gasteiger partial charge in [0.15, 0.2) is 0 Å². The average molecular weight is 286 g/mol. The largest absolute Gasteiger partial charge is 0.305 e. The predicted octanol–water partition coefficient (Wildman–Crippen LogP) is 3.99. The van der Waals surface area contributed by atoms with E-state index in [1.54, 1.807) is 0 Å². The van der Waals surface area contributed by atoms with Crippen molar-refractivity contribution in [2.24, 2.45) is 5.41 Å². The van der Waals surface area contributed by atoms with E-state index in [1.165, 1.54) is 31.4 Å². The Morgan fingerprint density at radius 3 is 2.38 bits per heavy atom. The molecule has 2 aliphatic rings. The number of nitrogens with one attached hydrogen (secondary N) is 1. The molecule has 2 heteroatoms. The Hall–Kier alpha value is -0.860. The molecule has 1 saturated carbocycles. The van der Waals surface area contributed by atoms with Crippen LogP contribution in [0.3, 0.4) is 0 Å². The molecule has 3 atom stereocenters. The normalized spacial score (nSPS) is 28.8. The molecule has 1 aliphatic heterocycles. The summed E-state index contributed by atoms with van der Waals surface area (Å²) in [6.07, 6.45) is 4.12. The third kappa shape index (κ3) is 3.49. The third-order valence-corrected chi connectivity index (χ3v) is 5.04. The van der Waals surface area contributed by atoms with Crippen molar-refractivity contribution in [1.82, 2.24) is 10.2 Å². The summed E-state index contributed by atoms with van der Waals surface area (Å²) in [6.45, 7) is 10.7. The molecule has 21 heavy (non-hydrogen) atoms. The summed E-state index contributed by atoms with van der Waals surface area (Å²) >= 11 is 0. The van der Waals surface area contributed by atoms with E-state index >= 15 is 0 Å². The summed E-state index contributed by atoms with van der Waals surface area (Å²) in [5, 5.41) is 3.97. The summed E-state index contributed by atoms with van der Waals surface area (Å²) in [6, 6.07) is 13.6. The monoisotopic (exact) mass is 286 g/mol. The molecule has 1 aliphatic carbocycles. The van der Waals surface area contributed by atoms with Gasteiger partial charge in [-0.3, -0.25) is 4.90 Å². The van der Waals surface area contributed by atoms with Gasteiger partial charge in [-0.2, -0.15) is 0 Å². The topological polar surface area (TPSA) is 15.3 Å². The summed E-state index contributed by atoms with van der Waals surface area (Å²) in [5.74, 6) is 0. The van der Waals surface area contributed by atoms with Gasteiger partial charge in [-0.05, 0) is 37.2 Å². The molecule has 2 fully saturated rings. The van der Waals surface area contributed by atoms with Crippen molar-refractivity contribution in [3.8, 4) is 0 Å². The van der Waals surface area contributed by atoms with Gasteiger partial charge in [-0.1, -0.05) is 51.1 Å². The van der Waals surface area contributed by atoms with Gasteiger partial charge in [0.25, 0.3) is 0 Å². The van der Waals surface area contributed by atoms with Gasteiger partial charge in [0.2, 0.25) is 0 Å². The van der Waals surface area contributed by atoms with Crippen LogP contribution in [0.1, 0.15) is 58.6 Å². The highest BCUT2D eigenvalue weighted by molar-refractivity contribution is 5.21. The molecule has 3 unspecified atom stereocenters.